The number of rotatable bonds is 1. The molecule has 0 aromatic carbocycles. The first-order valence-electron chi connectivity index (χ1n) is 5.16. The monoisotopic (exact) mass is 201 g/mol. The third kappa shape index (κ3) is 2.00. The van der Waals surface area contributed by atoms with E-state index < -0.39 is 6.10 Å². The molecule has 15 heavy (non-hydrogen) atoms. The van der Waals surface area contributed by atoms with Gasteiger partial charge in [0, 0.05) is 12.4 Å². The number of hydrogen-bond donors (Lipinski definition) is 1. The van der Waals surface area contributed by atoms with Gasteiger partial charge in [-0.15, -0.1) is 0 Å². The van der Waals surface area contributed by atoms with Crippen molar-refractivity contribution >= 4 is 5.57 Å². The van der Waals surface area contributed by atoms with E-state index in [2.05, 4.69) is 11.6 Å². The molecule has 1 heterocycles. The van der Waals surface area contributed by atoms with E-state index in [-0.39, 0.29) is 0 Å². The summed E-state index contributed by atoms with van der Waals surface area (Å²) in [7, 11) is 0. The molecule has 0 aliphatic heterocycles. The fourth-order valence-electron chi connectivity index (χ4n) is 1.89. The van der Waals surface area contributed by atoms with Crippen LogP contribution in [0.25, 0.3) is 5.57 Å². The van der Waals surface area contributed by atoms with Crippen molar-refractivity contribution in [3.8, 4) is 0 Å². The Morgan fingerprint density at radius 2 is 2.27 bits per heavy atom. The molecule has 2 nitrogen and oxygen atoms in total. The summed E-state index contributed by atoms with van der Waals surface area (Å²) < 4.78 is 0. The van der Waals surface area contributed by atoms with Crippen molar-refractivity contribution in [2.45, 2.75) is 25.9 Å². The van der Waals surface area contributed by atoms with Gasteiger partial charge in [-0.25, -0.2) is 0 Å². The maximum atomic E-state index is 9.71. The van der Waals surface area contributed by atoms with Crippen LogP contribution in [0.2, 0.25) is 0 Å². The maximum Gasteiger partial charge on any atom is 0.0935 e. The zero-order chi connectivity index (χ0) is 10.8. The predicted molar refractivity (Wildman–Crippen MR) is 61.3 cm³/mol. The molecule has 0 saturated carbocycles. The highest BCUT2D eigenvalue weighted by atomic mass is 16.3. The van der Waals surface area contributed by atoms with Gasteiger partial charge in [0.05, 0.1) is 6.10 Å². The molecule has 1 aliphatic carbocycles. The normalized spacial score (nSPS) is 21.3. The fourth-order valence-corrected chi connectivity index (χ4v) is 1.89. The minimum absolute atomic E-state index is 0.485. The van der Waals surface area contributed by atoms with Crippen LogP contribution < -0.4 is 0 Å². The van der Waals surface area contributed by atoms with Crippen molar-refractivity contribution < 1.29 is 5.11 Å². The summed E-state index contributed by atoms with van der Waals surface area (Å²) in [6.07, 6.45) is 6.88. The van der Waals surface area contributed by atoms with Crippen molar-refractivity contribution in [3.63, 3.8) is 0 Å². The molecule has 1 aromatic heterocycles. The summed E-state index contributed by atoms with van der Waals surface area (Å²) >= 11 is 0. The molecule has 0 spiro atoms. The van der Waals surface area contributed by atoms with Crippen molar-refractivity contribution in [1.29, 1.82) is 0 Å². The van der Waals surface area contributed by atoms with Gasteiger partial charge in [0.15, 0.2) is 0 Å². The lowest BCUT2D eigenvalue weighted by Gasteiger charge is -2.20. The van der Waals surface area contributed by atoms with Crippen LogP contribution in [-0.4, -0.2) is 16.2 Å². The van der Waals surface area contributed by atoms with Gasteiger partial charge in [-0.05, 0) is 54.2 Å². The van der Waals surface area contributed by atoms with Crippen LogP contribution in [0.5, 0.6) is 0 Å². The lowest BCUT2D eigenvalue weighted by Crippen LogP contribution is -2.12. The van der Waals surface area contributed by atoms with Crippen LogP contribution in [0.3, 0.4) is 0 Å². The Labute approximate surface area is 90.0 Å². The van der Waals surface area contributed by atoms with Gasteiger partial charge in [0.2, 0.25) is 0 Å². The average Bonchev–Trinajstić information content (AvgIpc) is 2.23. The number of nitrogens with zero attached hydrogens (tertiary/aromatic N) is 1. The molecule has 0 amide bonds. The van der Waals surface area contributed by atoms with E-state index in [1.807, 2.05) is 25.3 Å². The summed E-state index contributed by atoms with van der Waals surface area (Å²) in [6, 6.07) is 2.00. The van der Waals surface area contributed by atoms with Gasteiger partial charge >= 0.3 is 0 Å². The SMILES string of the molecule is C=C1CCC(c2ccncc2C)=C[C@H]1O. The Bertz CT molecular complexity index is 420. The van der Waals surface area contributed by atoms with Gasteiger partial charge in [0.25, 0.3) is 0 Å². The predicted octanol–water partition coefficient (Wildman–Crippen LogP) is 2.48. The van der Waals surface area contributed by atoms with E-state index in [0.29, 0.717) is 0 Å². The number of aliphatic hydroxyl groups is 1. The molecule has 0 bridgehead atoms. The molecule has 0 saturated heterocycles. The van der Waals surface area contributed by atoms with Crippen molar-refractivity contribution in [3.05, 3.63) is 47.8 Å². The number of aromatic nitrogens is 1. The number of aliphatic hydroxyl groups excluding tert-OH is 1. The van der Waals surface area contributed by atoms with E-state index in [0.717, 1.165) is 24.0 Å². The molecule has 1 aromatic rings. The fraction of sp³-hybridized carbons (Fsp3) is 0.308. The summed E-state index contributed by atoms with van der Waals surface area (Å²) in [5.74, 6) is 0. The van der Waals surface area contributed by atoms with Gasteiger partial charge < -0.3 is 5.11 Å². The highest BCUT2D eigenvalue weighted by Gasteiger charge is 2.16. The van der Waals surface area contributed by atoms with E-state index in [4.69, 9.17) is 0 Å². The molecular weight excluding hydrogens is 186 g/mol. The molecule has 1 atom stereocenters. The molecule has 0 unspecified atom stereocenters. The first-order valence-corrected chi connectivity index (χ1v) is 5.16. The van der Waals surface area contributed by atoms with E-state index >= 15 is 0 Å². The number of pyridine rings is 1. The third-order valence-electron chi connectivity index (χ3n) is 2.86. The van der Waals surface area contributed by atoms with Crippen LogP contribution in [-0.2, 0) is 0 Å². The summed E-state index contributed by atoms with van der Waals surface area (Å²) in [6.45, 7) is 5.88. The van der Waals surface area contributed by atoms with Gasteiger partial charge in [0.1, 0.15) is 0 Å². The molecule has 0 fully saturated rings. The van der Waals surface area contributed by atoms with Crippen molar-refractivity contribution in [2.24, 2.45) is 0 Å². The Balaban J connectivity index is 2.37. The number of allylic oxidation sites excluding steroid dienone is 1. The van der Waals surface area contributed by atoms with Gasteiger partial charge in [-0.3, -0.25) is 4.98 Å². The molecule has 78 valence electrons. The van der Waals surface area contributed by atoms with Crippen LogP contribution in [0.15, 0.2) is 36.7 Å². The highest BCUT2D eigenvalue weighted by Crippen LogP contribution is 2.30. The molecule has 0 radical (unpaired) electrons. The summed E-state index contributed by atoms with van der Waals surface area (Å²) in [5, 5.41) is 9.71. The first-order chi connectivity index (χ1) is 7.18. The number of hydrogen-bond acceptors (Lipinski definition) is 2. The number of aryl methyl sites for hydroxylation is 1. The lowest BCUT2D eigenvalue weighted by molar-refractivity contribution is 0.252. The smallest absolute Gasteiger partial charge is 0.0935 e. The minimum Gasteiger partial charge on any atom is -0.385 e. The van der Waals surface area contributed by atoms with Crippen LogP contribution in [0.1, 0.15) is 24.0 Å². The van der Waals surface area contributed by atoms with Crippen molar-refractivity contribution in [2.75, 3.05) is 0 Å². The zero-order valence-electron chi connectivity index (χ0n) is 8.90. The molecule has 1 N–H and O–H groups in total. The maximum absolute atomic E-state index is 9.71. The standard InChI is InChI=1S/C13H15NO/c1-9-3-4-11(7-13(9)15)12-5-6-14-8-10(12)2/h5-8,13,15H,1,3-4H2,2H3/t13-/m1/s1. The average molecular weight is 201 g/mol. The van der Waals surface area contributed by atoms with Crippen LogP contribution >= 0.6 is 0 Å². The first kappa shape index (κ1) is 10.1. The van der Waals surface area contributed by atoms with E-state index in [1.165, 1.54) is 11.1 Å². The zero-order valence-corrected chi connectivity index (χ0v) is 8.90. The molecule has 1 aliphatic rings. The Morgan fingerprint density at radius 3 is 2.93 bits per heavy atom. The largest absolute Gasteiger partial charge is 0.385 e. The molecular formula is C13H15NO. The molecule has 2 heteroatoms. The van der Waals surface area contributed by atoms with Crippen LogP contribution in [0, 0.1) is 6.92 Å². The third-order valence-corrected chi connectivity index (χ3v) is 2.86. The summed E-state index contributed by atoms with van der Waals surface area (Å²) in [4.78, 5) is 4.07. The quantitative estimate of drug-likeness (QED) is 0.708. The van der Waals surface area contributed by atoms with Crippen molar-refractivity contribution in [1.82, 2.24) is 4.98 Å². The minimum atomic E-state index is -0.485. The summed E-state index contributed by atoms with van der Waals surface area (Å²) in [5.41, 5.74) is 4.46. The Hall–Kier alpha value is -1.41. The topological polar surface area (TPSA) is 33.1 Å². The highest BCUT2D eigenvalue weighted by molar-refractivity contribution is 5.70. The Morgan fingerprint density at radius 1 is 1.47 bits per heavy atom. The van der Waals surface area contributed by atoms with Gasteiger partial charge in [-0.1, -0.05) is 6.58 Å². The second kappa shape index (κ2) is 3.99. The molecule has 2 rings (SSSR count). The Kier molecular flexibility index (Phi) is 2.69. The van der Waals surface area contributed by atoms with E-state index in [9.17, 15) is 5.11 Å². The second-order valence-electron chi connectivity index (χ2n) is 3.99. The van der Waals surface area contributed by atoms with E-state index in [1.54, 1.807) is 6.20 Å². The van der Waals surface area contributed by atoms with Crippen LogP contribution in [0.4, 0.5) is 0 Å². The van der Waals surface area contributed by atoms with Gasteiger partial charge in [-0.2, -0.15) is 0 Å². The lowest BCUT2D eigenvalue weighted by atomic mass is 9.88. The second-order valence-corrected chi connectivity index (χ2v) is 3.99.